The van der Waals surface area contributed by atoms with Crippen LogP contribution in [0.25, 0.3) is 11.5 Å². The molecule has 1 fully saturated rings. The molecular weight excluding hydrogens is 387 g/mol. The van der Waals surface area contributed by atoms with E-state index in [4.69, 9.17) is 10.2 Å². The Hall–Kier alpha value is -3.95. The summed E-state index contributed by atoms with van der Waals surface area (Å²) >= 11 is 0. The molecule has 1 atom stereocenters. The molecule has 1 aromatic carbocycles. The molecular formula is C20H19FN8O. The smallest absolute Gasteiger partial charge is 0.235 e. The van der Waals surface area contributed by atoms with E-state index in [9.17, 15) is 4.39 Å². The lowest BCUT2D eigenvalue weighted by Gasteiger charge is -2.25. The number of aromatic nitrogens is 5. The zero-order valence-electron chi connectivity index (χ0n) is 15.9. The van der Waals surface area contributed by atoms with E-state index in [2.05, 4.69) is 35.4 Å². The molecule has 0 spiro atoms. The number of nitrogens with two attached hydrogens (primary N) is 1. The van der Waals surface area contributed by atoms with Crippen molar-refractivity contribution in [1.82, 2.24) is 25.1 Å². The number of H-pyrrole nitrogens is 1. The van der Waals surface area contributed by atoms with E-state index in [1.807, 2.05) is 6.07 Å². The maximum atomic E-state index is 13.3. The molecule has 1 unspecified atom stereocenters. The number of halogens is 1. The quantitative estimate of drug-likeness (QED) is 0.459. The Labute approximate surface area is 171 Å². The highest BCUT2D eigenvalue weighted by Gasteiger charge is 2.29. The third-order valence-electron chi connectivity index (χ3n) is 5.01. The van der Waals surface area contributed by atoms with Crippen molar-refractivity contribution in [3.63, 3.8) is 0 Å². The molecule has 4 aromatic rings. The van der Waals surface area contributed by atoms with Gasteiger partial charge in [-0.05, 0) is 42.7 Å². The lowest BCUT2D eigenvalue weighted by molar-refractivity contribution is 0.580. The number of nitrogen functional groups attached to an aromatic ring is 1. The average molecular weight is 406 g/mol. The second-order valence-corrected chi connectivity index (χ2v) is 6.99. The molecule has 152 valence electrons. The molecule has 30 heavy (non-hydrogen) atoms. The van der Waals surface area contributed by atoms with E-state index in [1.54, 1.807) is 30.5 Å². The fourth-order valence-corrected chi connectivity index (χ4v) is 3.66. The minimum Gasteiger partial charge on any atom is -0.463 e. The normalized spacial score (nSPS) is 16.2. The minimum atomic E-state index is -0.257. The van der Waals surface area contributed by atoms with Gasteiger partial charge in [-0.25, -0.2) is 4.39 Å². The van der Waals surface area contributed by atoms with Crippen LogP contribution in [0.3, 0.4) is 0 Å². The first-order valence-corrected chi connectivity index (χ1v) is 9.56. The van der Waals surface area contributed by atoms with E-state index in [1.165, 1.54) is 12.1 Å². The van der Waals surface area contributed by atoms with Gasteiger partial charge in [0.15, 0.2) is 11.6 Å². The van der Waals surface area contributed by atoms with E-state index in [0.717, 1.165) is 30.6 Å². The van der Waals surface area contributed by atoms with Gasteiger partial charge in [-0.3, -0.25) is 5.10 Å². The molecule has 10 heteroatoms. The van der Waals surface area contributed by atoms with Crippen molar-refractivity contribution in [2.24, 2.45) is 0 Å². The fraction of sp³-hybridized carbons (Fsp3) is 0.200. The van der Waals surface area contributed by atoms with Gasteiger partial charge in [-0.15, -0.1) is 0 Å². The van der Waals surface area contributed by atoms with Gasteiger partial charge in [0.2, 0.25) is 17.8 Å². The molecule has 3 aromatic heterocycles. The summed E-state index contributed by atoms with van der Waals surface area (Å²) in [4.78, 5) is 15.1. The van der Waals surface area contributed by atoms with Crippen molar-refractivity contribution in [1.29, 1.82) is 0 Å². The molecule has 1 saturated heterocycles. The number of anilines is 4. The van der Waals surface area contributed by atoms with Gasteiger partial charge in [-0.1, -0.05) is 12.1 Å². The number of aromatic amines is 1. The molecule has 0 bridgehead atoms. The van der Waals surface area contributed by atoms with Crippen LogP contribution in [0.5, 0.6) is 0 Å². The lowest BCUT2D eigenvalue weighted by atomic mass is 10.0. The number of nitrogens with one attached hydrogen (secondary N) is 2. The summed E-state index contributed by atoms with van der Waals surface area (Å²) in [5.41, 5.74) is 7.68. The van der Waals surface area contributed by atoms with Crippen LogP contribution in [0.15, 0.2) is 53.1 Å². The summed E-state index contributed by atoms with van der Waals surface area (Å²) in [5, 5.41) is 10.2. The first-order chi connectivity index (χ1) is 14.7. The van der Waals surface area contributed by atoms with Gasteiger partial charge >= 0.3 is 0 Å². The van der Waals surface area contributed by atoms with Crippen LogP contribution in [0.1, 0.15) is 24.4 Å². The third-order valence-corrected chi connectivity index (χ3v) is 5.01. The van der Waals surface area contributed by atoms with Gasteiger partial charge < -0.3 is 20.4 Å². The Bertz CT molecular complexity index is 1140. The molecule has 0 amide bonds. The highest BCUT2D eigenvalue weighted by Crippen LogP contribution is 2.35. The van der Waals surface area contributed by atoms with Crippen LogP contribution in [0, 0.1) is 5.82 Å². The van der Waals surface area contributed by atoms with E-state index < -0.39 is 0 Å². The topological polar surface area (TPSA) is 122 Å². The summed E-state index contributed by atoms with van der Waals surface area (Å²) in [6, 6.07) is 12.0. The molecule has 1 aliphatic heterocycles. The summed E-state index contributed by atoms with van der Waals surface area (Å²) in [6.45, 7) is 0.774. The molecule has 4 heterocycles. The highest BCUT2D eigenvalue weighted by molar-refractivity contribution is 5.60. The third kappa shape index (κ3) is 3.54. The number of hydrogen-bond donors (Lipinski definition) is 3. The average Bonchev–Trinajstić information content (AvgIpc) is 3.49. The summed E-state index contributed by atoms with van der Waals surface area (Å²) < 4.78 is 18.7. The SMILES string of the molecule is Nc1nc(Nc2cc(-c3ccco3)[nH]n2)nc(N2CCCC2c2ccc(F)cc2)n1. The van der Waals surface area contributed by atoms with Crippen molar-refractivity contribution in [2.45, 2.75) is 18.9 Å². The Kier molecular flexibility index (Phi) is 4.51. The van der Waals surface area contributed by atoms with Gasteiger partial charge in [0.25, 0.3) is 0 Å². The molecule has 0 radical (unpaired) electrons. The van der Waals surface area contributed by atoms with Crippen LogP contribution in [-0.2, 0) is 0 Å². The summed E-state index contributed by atoms with van der Waals surface area (Å²) in [5.74, 6) is 1.81. The van der Waals surface area contributed by atoms with Crippen molar-refractivity contribution in [3.05, 3.63) is 60.1 Å². The van der Waals surface area contributed by atoms with Crippen LogP contribution in [-0.4, -0.2) is 31.7 Å². The van der Waals surface area contributed by atoms with E-state index in [-0.39, 0.29) is 17.8 Å². The molecule has 5 rings (SSSR count). The first-order valence-electron chi connectivity index (χ1n) is 9.56. The Morgan fingerprint density at radius 3 is 2.83 bits per heavy atom. The largest absolute Gasteiger partial charge is 0.463 e. The first kappa shape index (κ1) is 18.1. The van der Waals surface area contributed by atoms with Gasteiger partial charge in [0.05, 0.1) is 12.3 Å². The Balaban J connectivity index is 1.40. The second-order valence-electron chi connectivity index (χ2n) is 6.99. The Morgan fingerprint density at radius 2 is 2.03 bits per heavy atom. The standard InChI is InChI=1S/C20H19FN8O/c21-13-7-5-12(6-8-13)15-3-1-9-29(15)20-25-18(22)24-19(26-20)23-17-11-14(27-28-17)16-4-2-10-30-16/h2,4-8,10-11,15H,1,3,9H2,(H4,22,23,24,25,26,27,28). The highest BCUT2D eigenvalue weighted by atomic mass is 19.1. The van der Waals surface area contributed by atoms with Gasteiger partial charge in [0.1, 0.15) is 11.5 Å². The maximum Gasteiger partial charge on any atom is 0.235 e. The zero-order chi connectivity index (χ0) is 20.5. The van der Waals surface area contributed by atoms with Crippen LogP contribution < -0.4 is 16.0 Å². The minimum absolute atomic E-state index is 0.0520. The molecule has 9 nitrogen and oxygen atoms in total. The van der Waals surface area contributed by atoms with Crippen LogP contribution in [0.4, 0.5) is 28.1 Å². The summed E-state index contributed by atoms with van der Waals surface area (Å²) in [7, 11) is 0. The molecule has 4 N–H and O–H groups in total. The number of hydrogen-bond acceptors (Lipinski definition) is 8. The zero-order valence-corrected chi connectivity index (χ0v) is 15.9. The molecule has 1 aliphatic rings. The van der Waals surface area contributed by atoms with Crippen LogP contribution in [0.2, 0.25) is 0 Å². The van der Waals surface area contributed by atoms with Gasteiger partial charge in [0, 0.05) is 12.6 Å². The van der Waals surface area contributed by atoms with Gasteiger partial charge in [-0.2, -0.15) is 20.1 Å². The predicted octanol–water partition coefficient (Wildman–Crippen LogP) is 3.66. The number of rotatable bonds is 5. The number of nitrogens with zero attached hydrogens (tertiary/aromatic N) is 5. The number of benzene rings is 1. The van der Waals surface area contributed by atoms with E-state index in [0.29, 0.717) is 23.5 Å². The fourth-order valence-electron chi connectivity index (χ4n) is 3.66. The van der Waals surface area contributed by atoms with Crippen molar-refractivity contribution < 1.29 is 8.81 Å². The Morgan fingerprint density at radius 1 is 1.17 bits per heavy atom. The summed E-state index contributed by atoms with van der Waals surface area (Å²) in [6.07, 6.45) is 3.49. The van der Waals surface area contributed by atoms with Crippen molar-refractivity contribution in [3.8, 4) is 11.5 Å². The monoisotopic (exact) mass is 406 g/mol. The van der Waals surface area contributed by atoms with Crippen molar-refractivity contribution >= 4 is 23.7 Å². The lowest BCUT2D eigenvalue weighted by Crippen LogP contribution is -2.25. The number of furan rings is 1. The van der Waals surface area contributed by atoms with E-state index >= 15 is 0 Å². The second kappa shape index (κ2) is 7.47. The molecule has 0 aliphatic carbocycles. The predicted molar refractivity (Wildman–Crippen MR) is 110 cm³/mol. The molecule has 0 saturated carbocycles. The van der Waals surface area contributed by atoms with Crippen molar-refractivity contribution in [2.75, 3.05) is 22.5 Å². The van der Waals surface area contributed by atoms with Crippen LogP contribution >= 0.6 is 0 Å². The maximum absolute atomic E-state index is 13.3.